The second kappa shape index (κ2) is 6.79. The Morgan fingerprint density at radius 3 is 3.14 bits per heavy atom. The number of anilines is 1. The molecule has 2 fully saturated rings. The molecule has 0 unspecified atom stereocenters. The van der Waals surface area contributed by atoms with Crippen LogP contribution in [0.1, 0.15) is 31.9 Å². The molecule has 0 aromatic carbocycles. The highest BCUT2D eigenvalue weighted by Gasteiger charge is 2.35. The van der Waals surface area contributed by atoms with Gasteiger partial charge in [0.2, 0.25) is 5.95 Å². The molecule has 0 spiro atoms. The van der Waals surface area contributed by atoms with Crippen molar-refractivity contribution < 1.29 is 4.74 Å². The molecule has 2 aliphatic rings. The lowest BCUT2D eigenvalue weighted by Gasteiger charge is -2.24. The molecule has 0 bridgehead atoms. The number of aromatic nitrogens is 2. The van der Waals surface area contributed by atoms with Crippen molar-refractivity contribution >= 4 is 5.95 Å². The predicted molar refractivity (Wildman–Crippen MR) is 84.8 cm³/mol. The van der Waals surface area contributed by atoms with Gasteiger partial charge in [0.05, 0.1) is 5.69 Å². The highest BCUT2D eigenvalue weighted by atomic mass is 16.5. The zero-order valence-corrected chi connectivity index (χ0v) is 13.3. The monoisotopic (exact) mass is 292 g/mol. The molecule has 5 nitrogen and oxygen atoms in total. The summed E-state index contributed by atoms with van der Waals surface area (Å²) in [6, 6.07) is 0.660. The molecule has 3 rings (SSSR count). The number of hydrogen-bond donors (Lipinski definition) is 1. The quantitative estimate of drug-likeness (QED) is 0.812. The molecular weight excluding hydrogens is 264 g/mol. The largest absolute Gasteiger partial charge is 0.382 e. The molecule has 1 N–H and O–H groups in total. The van der Waals surface area contributed by atoms with Crippen molar-refractivity contribution in [3.8, 4) is 0 Å². The van der Waals surface area contributed by atoms with Crippen molar-refractivity contribution in [1.29, 1.82) is 0 Å². The molecule has 3 heterocycles. The van der Waals surface area contributed by atoms with E-state index in [0.717, 1.165) is 56.8 Å². The second-order valence-electron chi connectivity index (χ2n) is 6.29. The maximum atomic E-state index is 5.45. The Balaban J connectivity index is 1.64. The van der Waals surface area contributed by atoms with E-state index in [1.54, 1.807) is 0 Å². The zero-order valence-electron chi connectivity index (χ0n) is 13.3. The normalized spacial score (nSPS) is 25.3. The van der Waals surface area contributed by atoms with Gasteiger partial charge in [0.25, 0.3) is 0 Å². The van der Waals surface area contributed by atoms with Gasteiger partial charge in [-0.3, -0.25) is 0 Å². The Hall–Kier alpha value is -1.07. The first kappa shape index (κ1) is 14.9. The summed E-state index contributed by atoms with van der Waals surface area (Å²) in [6.45, 7) is 10.2. The lowest BCUT2D eigenvalue weighted by molar-refractivity contribution is 0.141. The van der Waals surface area contributed by atoms with E-state index in [1.165, 1.54) is 19.4 Å². The fourth-order valence-electron chi connectivity index (χ4n) is 3.64. The van der Waals surface area contributed by atoms with E-state index in [9.17, 15) is 0 Å². The van der Waals surface area contributed by atoms with E-state index < -0.39 is 0 Å². The van der Waals surface area contributed by atoms with Crippen LogP contribution in [0.4, 0.5) is 5.95 Å². The van der Waals surface area contributed by atoms with Gasteiger partial charge in [-0.2, -0.15) is 0 Å². The average Bonchev–Trinajstić information content (AvgIpc) is 3.06. The molecule has 0 aliphatic carbocycles. The third-order valence-corrected chi connectivity index (χ3v) is 4.65. The summed E-state index contributed by atoms with van der Waals surface area (Å²) in [6.07, 6.45) is 5.90. The van der Waals surface area contributed by atoms with Crippen LogP contribution >= 0.6 is 0 Å². The van der Waals surface area contributed by atoms with E-state index in [4.69, 9.17) is 9.72 Å². The van der Waals surface area contributed by atoms with Gasteiger partial charge in [0.1, 0.15) is 0 Å². The number of fused-ring (bicyclic) bond motifs is 1. The third kappa shape index (κ3) is 3.40. The highest BCUT2D eigenvalue weighted by molar-refractivity contribution is 5.36. The third-order valence-electron chi connectivity index (χ3n) is 4.65. The molecule has 118 valence electrons. The van der Waals surface area contributed by atoms with E-state index in [0.29, 0.717) is 6.04 Å². The van der Waals surface area contributed by atoms with Crippen molar-refractivity contribution in [2.45, 2.75) is 45.7 Å². The van der Waals surface area contributed by atoms with Crippen LogP contribution in [-0.2, 0) is 11.3 Å². The van der Waals surface area contributed by atoms with Crippen LogP contribution in [-0.4, -0.2) is 48.4 Å². The molecule has 2 atom stereocenters. The van der Waals surface area contributed by atoms with Gasteiger partial charge in [0, 0.05) is 45.1 Å². The zero-order chi connectivity index (χ0) is 14.7. The average molecular weight is 292 g/mol. The molecule has 2 aliphatic heterocycles. The number of nitrogens with one attached hydrogen (secondary N) is 1. The molecule has 1 aromatic rings. The molecular formula is C16H28N4O. The minimum atomic E-state index is 0.660. The van der Waals surface area contributed by atoms with Gasteiger partial charge < -0.3 is 19.5 Å². The first-order chi connectivity index (χ1) is 10.3. The van der Waals surface area contributed by atoms with Gasteiger partial charge in [-0.25, -0.2) is 4.98 Å². The second-order valence-corrected chi connectivity index (χ2v) is 6.29. The lowest BCUT2D eigenvalue weighted by Crippen LogP contribution is -2.40. The summed E-state index contributed by atoms with van der Waals surface area (Å²) in [7, 11) is 0. The van der Waals surface area contributed by atoms with Gasteiger partial charge in [-0.05, 0) is 45.6 Å². The molecule has 0 saturated carbocycles. The molecule has 1 aromatic heterocycles. The Labute approximate surface area is 127 Å². The lowest BCUT2D eigenvalue weighted by atomic mass is 9.94. The van der Waals surface area contributed by atoms with Crippen molar-refractivity contribution in [3.63, 3.8) is 0 Å². The van der Waals surface area contributed by atoms with Gasteiger partial charge >= 0.3 is 0 Å². The van der Waals surface area contributed by atoms with Crippen molar-refractivity contribution in [2.75, 3.05) is 37.7 Å². The highest BCUT2D eigenvalue weighted by Crippen LogP contribution is 2.28. The number of aryl methyl sites for hydroxylation is 2. The molecule has 2 saturated heterocycles. The SMILES string of the molecule is CCOCCCn1cc(C)nc1N1C[C@@H]2CCCN[C@@H]2C1. The van der Waals surface area contributed by atoms with Crippen LogP contribution in [0.3, 0.4) is 0 Å². The van der Waals surface area contributed by atoms with Crippen LogP contribution in [0.15, 0.2) is 6.20 Å². The van der Waals surface area contributed by atoms with Crippen LogP contribution in [0.5, 0.6) is 0 Å². The number of rotatable bonds is 6. The van der Waals surface area contributed by atoms with Crippen molar-refractivity contribution in [3.05, 3.63) is 11.9 Å². The summed E-state index contributed by atoms with van der Waals surface area (Å²) in [4.78, 5) is 7.24. The number of piperidine rings is 1. The van der Waals surface area contributed by atoms with E-state index >= 15 is 0 Å². The number of nitrogens with zero attached hydrogens (tertiary/aromatic N) is 3. The Morgan fingerprint density at radius 2 is 2.33 bits per heavy atom. The van der Waals surface area contributed by atoms with E-state index in [2.05, 4.69) is 27.9 Å². The fraction of sp³-hybridized carbons (Fsp3) is 0.812. The van der Waals surface area contributed by atoms with Gasteiger partial charge in [-0.15, -0.1) is 0 Å². The van der Waals surface area contributed by atoms with Crippen molar-refractivity contribution in [1.82, 2.24) is 14.9 Å². The summed E-state index contributed by atoms with van der Waals surface area (Å²) < 4.78 is 7.76. The van der Waals surface area contributed by atoms with E-state index in [1.807, 2.05) is 6.92 Å². The maximum absolute atomic E-state index is 5.45. The first-order valence-corrected chi connectivity index (χ1v) is 8.37. The predicted octanol–water partition coefficient (Wildman–Crippen LogP) is 1.81. The summed E-state index contributed by atoms with van der Waals surface area (Å²) in [5.74, 6) is 1.95. The molecule has 5 heteroatoms. The van der Waals surface area contributed by atoms with Crippen molar-refractivity contribution in [2.24, 2.45) is 5.92 Å². The summed E-state index contributed by atoms with van der Waals surface area (Å²) >= 11 is 0. The Bertz CT molecular complexity index is 445. The topological polar surface area (TPSA) is 42.3 Å². The number of imidazole rings is 1. The maximum Gasteiger partial charge on any atom is 0.205 e. The van der Waals surface area contributed by atoms with Crippen LogP contribution in [0, 0.1) is 12.8 Å². The fourth-order valence-corrected chi connectivity index (χ4v) is 3.64. The molecule has 0 amide bonds. The summed E-state index contributed by atoms with van der Waals surface area (Å²) in [5.41, 5.74) is 1.12. The smallest absolute Gasteiger partial charge is 0.205 e. The standard InChI is InChI=1S/C16H28N4O/c1-3-21-9-5-8-19-10-13(2)18-16(19)20-11-14-6-4-7-17-15(14)12-20/h10,14-15,17H,3-9,11-12H2,1-2H3/t14-,15+/m0/s1. The Morgan fingerprint density at radius 1 is 1.43 bits per heavy atom. The van der Waals surface area contributed by atoms with E-state index in [-0.39, 0.29) is 0 Å². The van der Waals surface area contributed by atoms with Gasteiger partial charge in [0.15, 0.2) is 0 Å². The van der Waals surface area contributed by atoms with Crippen LogP contribution in [0.25, 0.3) is 0 Å². The van der Waals surface area contributed by atoms with Crippen LogP contribution < -0.4 is 10.2 Å². The summed E-state index contributed by atoms with van der Waals surface area (Å²) in [5, 5.41) is 3.67. The molecule has 0 radical (unpaired) electrons. The minimum Gasteiger partial charge on any atom is -0.382 e. The Kier molecular flexibility index (Phi) is 4.80. The van der Waals surface area contributed by atoms with Crippen LogP contribution in [0.2, 0.25) is 0 Å². The first-order valence-electron chi connectivity index (χ1n) is 8.37. The minimum absolute atomic E-state index is 0.660. The van der Waals surface area contributed by atoms with Gasteiger partial charge in [-0.1, -0.05) is 0 Å². The molecule has 21 heavy (non-hydrogen) atoms. The number of hydrogen-bond acceptors (Lipinski definition) is 4. The number of ether oxygens (including phenoxy) is 1.